The Balaban J connectivity index is 1.81. The summed E-state index contributed by atoms with van der Waals surface area (Å²) in [7, 11) is 0. The third-order valence-electron chi connectivity index (χ3n) is 4.34. The molecule has 0 spiro atoms. The van der Waals surface area contributed by atoms with Crippen molar-refractivity contribution in [1.82, 2.24) is 15.1 Å². The van der Waals surface area contributed by atoms with Crippen molar-refractivity contribution in [3.05, 3.63) is 47.2 Å². The Bertz CT molecular complexity index is 694. The lowest BCUT2D eigenvalue weighted by Crippen LogP contribution is -2.29. The van der Waals surface area contributed by atoms with Gasteiger partial charge in [0, 0.05) is 18.5 Å². The van der Waals surface area contributed by atoms with E-state index in [9.17, 15) is 13.2 Å². The molecule has 1 saturated carbocycles. The minimum Gasteiger partial charge on any atom is -0.424 e. The molecule has 0 saturated heterocycles. The number of alkyl halides is 3. The standard InChI is InChI=1S/C17H20F3N3O/c1-3-15-21-22-16(24-15)10-23(14-7-8-14)11(2)12-5-4-6-13(9-12)17(18,19)20/h4-6,9,11,14H,3,7-8,10H2,1-2H3. The maximum atomic E-state index is 12.9. The lowest BCUT2D eigenvalue weighted by Gasteiger charge is -2.28. The van der Waals surface area contributed by atoms with Crippen LogP contribution in [0.15, 0.2) is 28.7 Å². The van der Waals surface area contributed by atoms with Gasteiger partial charge in [-0.1, -0.05) is 19.1 Å². The lowest BCUT2D eigenvalue weighted by molar-refractivity contribution is -0.137. The summed E-state index contributed by atoms with van der Waals surface area (Å²) in [5, 5.41) is 7.99. The molecule has 0 bridgehead atoms. The largest absolute Gasteiger partial charge is 0.424 e. The molecular formula is C17H20F3N3O. The average molecular weight is 339 g/mol. The fourth-order valence-corrected chi connectivity index (χ4v) is 2.81. The van der Waals surface area contributed by atoms with Gasteiger partial charge in [0.1, 0.15) is 0 Å². The van der Waals surface area contributed by atoms with E-state index in [1.165, 1.54) is 12.1 Å². The Kier molecular flexibility index (Phi) is 4.62. The van der Waals surface area contributed by atoms with E-state index < -0.39 is 11.7 Å². The Morgan fingerprint density at radius 3 is 2.54 bits per heavy atom. The molecule has 0 amide bonds. The average Bonchev–Trinajstić information content (AvgIpc) is 3.30. The predicted octanol–water partition coefficient (Wildman–Crippen LogP) is 4.38. The molecule has 1 aromatic heterocycles. The van der Waals surface area contributed by atoms with Crippen molar-refractivity contribution in [1.29, 1.82) is 0 Å². The predicted molar refractivity (Wildman–Crippen MR) is 82.1 cm³/mol. The lowest BCUT2D eigenvalue weighted by atomic mass is 10.0. The summed E-state index contributed by atoms with van der Waals surface area (Å²) >= 11 is 0. The van der Waals surface area contributed by atoms with Gasteiger partial charge in [-0.2, -0.15) is 13.2 Å². The van der Waals surface area contributed by atoms with Crippen LogP contribution in [0.1, 0.15) is 55.6 Å². The van der Waals surface area contributed by atoms with Crippen molar-refractivity contribution in [3.8, 4) is 0 Å². The van der Waals surface area contributed by atoms with Crippen LogP contribution < -0.4 is 0 Å². The highest BCUT2D eigenvalue weighted by Gasteiger charge is 2.35. The molecule has 1 aromatic carbocycles. The van der Waals surface area contributed by atoms with Crippen molar-refractivity contribution in [2.75, 3.05) is 0 Å². The zero-order valence-corrected chi connectivity index (χ0v) is 13.7. The summed E-state index contributed by atoms with van der Waals surface area (Å²) in [6.45, 7) is 4.31. The minimum atomic E-state index is -4.33. The maximum absolute atomic E-state index is 12.9. The second-order valence-corrected chi connectivity index (χ2v) is 6.15. The first-order valence-corrected chi connectivity index (χ1v) is 8.12. The van der Waals surface area contributed by atoms with E-state index in [0.29, 0.717) is 36.4 Å². The quantitative estimate of drug-likeness (QED) is 0.783. The zero-order chi connectivity index (χ0) is 17.3. The summed E-state index contributed by atoms with van der Waals surface area (Å²) in [6.07, 6.45) is -1.58. The molecule has 7 heteroatoms. The van der Waals surface area contributed by atoms with Crippen molar-refractivity contribution in [2.24, 2.45) is 0 Å². The van der Waals surface area contributed by atoms with Crippen LogP contribution in [0.25, 0.3) is 0 Å². The Labute approximate surface area is 138 Å². The van der Waals surface area contributed by atoms with E-state index in [0.717, 1.165) is 18.9 Å². The topological polar surface area (TPSA) is 42.2 Å². The first-order chi connectivity index (χ1) is 11.4. The van der Waals surface area contributed by atoms with Crippen LogP contribution >= 0.6 is 0 Å². The van der Waals surface area contributed by atoms with Gasteiger partial charge in [-0.15, -0.1) is 10.2 Å². The molecule has 3 rings (SSSR count). The Morgan fingerprint density at radius 2 is 1.96 bits per heavy atom. The number of benzene rings is 1. The number of aromatic nitrogens is 2. The number of nitrogens with zero attached hydrogens (tertiary/aromatic N) is 3. The smallest absolute Gasteiger partial charge is 0.416 e. The molecule has 0 aliphatic heterocycles. The van der Waals surface area contributed by atoms with E-state index in [4.69, 9.17) is 4.42 Å². The van der Waals surface area contributed by atoms with Gasteiger partial charge in [-0.25, -0.2) is 0 Å². The number of halogens is 3. The molecule has 24 heavy (non-hydrogen) atoms. The van der Waals surface area contributed by atoms with Crippen molar-refractivity contribution < 1.29 is 17.6 Å². The van der Waals surface area contributed by atoms with Gasteiger partial charge in [-0.05, 0) is 37.5 Å². The Hall–Kier alpha value is -1.89. The summed E-state index contributed by atoms with van der Waals surface area (Å²) < 4.78 is 44.4. The van der Waals surface area contributed by atoms with Gasteiger partial charge in [0.05, 0.1) is 12.1 Å². The summed E-state index contributed by atoms with van der Waals surface area (Å²) in [4.78, 5) is 2.14. The highest BCUT2D eigenvalue weighted by Crippen LogP contribution is 2.37. The number of aryl methyl sites for hydroxylation is 1. The van der Waals surface area contributed by atoms with E-state index in [1.807, 2.05) is 13.8 Å². The minimum absolute atomic E-state index is 0.156. The zero-order valence-electron chi connectivity index (χ0n) is 13.7. The SMILES string of the molecule is CCc1nnc(CN(C2CC2)C(C)c2cccc(C(F)(F)F)c2)o1. The third kappa shape index (κ3) is 3.77. The van der Waals surface area contributed by atoms with E-state index in [-0.39, 0.29) is 6.04 Å². The number of rotatable bonds is 6. The number of hydrogen-bond acceptors (Lipinski definition) is 4. The molecule has 1 fully saturated rings. The van der Waals surface area contributed by atoms with Crippen LogP contribution in [0.5, 0.6) is 0 Å². The van der Waals surface area contributed by atoms with Gasteiger partial charge in [0.25, 0.3) is 0 Å². The van der Waals surface area contributed by atoms with E-state index in [2.05, 4.69) is 15.1 Å². The first-order valence-electron chi connectivity index (χ1n) is 8.12. The monoisotopic (exact) mass is 339 g/mol. The normalized spacial score (nSPS) is 16.6. The van der Waals surface area contributed by atoms with Gasteiger partial charge in [0.2, 0.25) is 11.8 Å². The van der Waals surface area contributed by atoms with Crippen LogP contribution in [-0.2, 0) is 19.1 Å². The molecule has 1 unspecified atom stereocenters. The number of hydrogen-bond donors (Lipinski definition) is 0. The molecule has 0 N–H and O–H groups in total. The third-order valence-corrected chi connectivity index (χ3v) is 4.34. The van der Waals surface area contributed by atoms with Crippen molar-refractivity contribution in [3.63, 3.8) is 0 Å². The molecule has 1 heterocycles. The highest BCUT2D eigenvalue weighted by molar-refractivity contribution is 5.28. The van der Waals surface area contributed by atoms with Gasteiger partial charge >= 0.3 is 6.18 Å². The first kappa shape index (κ1) is 17.0. The molecule has 4 nitrogen and oxygen atoms in total. The second-order valence-electron chi connectivity index (χ2n) is 6.15. The van der Waals surface area contributed by atoms with Crippen molar-refractivity contribution >= 4 is 0 Å². The molecule has 130 valence electrons. The molecule has 1 atom stereocenters. The molecule has 1 aliphatic rings. The highest BCUT2D eigenvalue weighted by atomic mass is 19.4. The molecular weight excluding hydrogens is 319 g/mol. The second kappa shape index (κ2) is 6.55. The van der Waals surface area contributed by atoms with Gasteiger partial charge in [0.15, 0.2) is 0 Å². The molecule has 0 radical (unpaired) electrons. The van der Waals surface area contributed by atoms with Gasteiger partial charge < -0.3 is 4.42 Å². The molecule has 2 aromatic rings. The fourth-order valence-electron chi connectivity index (χ4n) is 2.81. The summed E-state index contributed by atoms with van der Waals surface area (Å²) in [5.74, 6) is 1.09. The van der Waals surface area contributed by atoms with Crippen molar-refractivity contribution in [2.45, 2.75) is 57.9 Å². The van der Waals surface area contributed by atoms with Crippen LogP contribution in [0, 0.1) is 0 Å². The van der Waals surface area contributed by atoms with Crippen LogP contribution in [0.2, 0.25) is 0 Å². The summed E-state index contributed by atoms with van der Waals surface area (Å²) in [5.41, 5.74) is 0.0283. The maximum Gasteiger partial charge on any atom is 0.416 e. The van der Waals surface area contributed by atoms with E-state index in [1.54, 1.807) is 6.07 Å². The van der Waals surface area contributed by atoms with E-state index >= 15 is 0 Å². The van der Waals surface area contributed by atoms with Crippen LogP contribution in [-0.4, -0.2) is 21.1 Å². The van der Waals surface area contributed by atoms with Crippen LogP contribution in [0.4, 0.5) is 13.2 Å². The van der Waals surface area contributed by atoms with Gasteiger partial charge in [-0.3, -0.25) is 4.90 Å². The Morgan fingerprint density at radius 1 is 1.25 bits per heavy atom. The molecule has 1 aliphatic carbocycles. The summed E-state index contributed by atoms with van der Waals surface area (Å²) in [6, 6.07) is 5.72. The van der Waals surface area contributed by atoms with Crippen LogP contribution in [0.3, 0.4) is 0 Å². The fraction of sp³-hybridized carbons (Fsp3) is 0.529.